The van der Waals surface area contributed by atoms with Crippen LogP contribution in [0, 0.1) is 0 Å². The molecule has 4 nitrogen and oxygen atoms in total. The van der Waals surface area contributed by atoms with Crippen LogP contribution in [0.1, 0.15) is 31.9 Å². The van der Waals surface area contributed by atoms with Crippen LogP contribution in [0.5, 0.6) is 5.75 Å². The van der Waals surface area contributed by atoms with E-state index in [1.807, 2.05) is 35.2 Å². The monoisotopic (exact) mass is 332 g/mol. The first-order valence-corrected chi connectivity index (χ1v) is 7.50. The summed E-state index contributed by atoms with van der Waals surface area (Å²) in [7, 11) is 0. The summed E-state index contributed by atoms with van der Waals surface area (Å²) in [5, 5.41) is 12.9. The number of rotatable bonds is 2. The first kappa shape index (κ1) is 17.2. The van der Waals surface area contributed by atoms with Gasteiger partial charge in [-0.25, -0.2) is 0 Å². The molecule has 0 saturated carbocycles. The number of aromatic hydroxyl groups is 1. The van der Waals surface area contributed by atoms with Crippen molar-refractivity contribution in [3.8, 4) is 5.75 Å². The highest BCUT2D eigenvalue weighted by Crippen LogP contribution is 2.38. The van der Waals surface area contributed by atoms with Crippen molar-refractivity contribution in [3.63, 3.8) is 0 Å². The van der Waals surface area contributed by atoms with E-state index in [1.54, 1.807) is 19.1 Å². The van der Waals surface area contributed by atoms with Crippen LogP contribution in [0.15, 0.2) is 48.5 Å². The summed E-state index contributed by atoms with van der Waals surface area (Å²) in [6.45, 7) is 3.68. The van der Waals surface area contributed by atoms with Crippen LogP contribution < -0.4 is 10.2 Å². The van der Waals surface area contributed by atoms with Gasteiger partial charge in [0.15, 0.2) is 0 Å². The van der Waals surface area contributed by atoms with Crippen molar-refractivity contribution in [1.29, 1.82) is 0 Å². The van der Waals surface area contributed by atoms with E-state index >= 15 is 0 Å². The number of hydrogen-bond donors (Lipinski definition) is 2. The molecule has 1 heterocycles. The van der Waals surface area contributed by atoms with Gasteiger partial charge in [-0.15, -0.1) is 12.4 Å². The zero-order valence-corrected chi connectivity index (χ0v) is 14.0. The minimum Gasteiger partial charge on any atom is -0.508 e. The Balaban J connectivity index is 0.00000192. The van der Waals surface area contributed by atoms with Gasteiger partial charge in [-0.1, -0.05) is 18.2 Å². The van der Waals surface area contributed by atoms with Crippen LogP contribution >= 0.6 is 12.4 Å². The lowest BCUT2D eigenvalue weighted by Crippen LogP contribution is -2.43. The quantitative estimate of drug-likeness (QED) is 0.814. The summed E-state index contributed by atoms with van der Waals surface area (Å²) in [5.74, 6) is 0.328. The van der Waals surface area contributed by atoms with E-state index in [2.05, 4.69) is 18.3 Å². The topological polar surface area (TPSA) is 52.6 Å². The molecule has 0 aliphatic carbocycles. The Morgan fingerprint density at radius 1 is 1.17 bits per heavy atom. The molecule has 0 fully saturated rings. The van der Waals surface area contributed by atoms with E-state index in [1.165, 1.54) is 0 Å². The Morgan fingerprint density at radius 2 is 1.83 bits per heavy atom. The van der Waals surface area contributed by atoms with Gasteiger partial charge in [0.1, 0.15) is 5.75 Å². The van der Waals surface area contributed by atoms with Gasteiger partial charge in [0, 0.05) is 24.3 Å². The maximum absolute atomic E-state index is 12.0. The fourth-order valence-electron chi connectivity index (χ4n) is 3.19. The number of nitrogens with one attached hydrogen (secondary N) is 1. The summed E-state index contributed by atoms with van der Waals surface area (Å²) >= 11 is 0. The Morgan fingerprint density at radius 3 is 2.48 bits per heavy atom. The highest BCUT2D eigenvalue weighted by atomic mass is 35.5. The van der Waals surface area contributed by atoms with Crippen molar-refractivity contribution in [2.24, 2.45) is 0 Å². The van der Waals surface area contributed by atoms with Crippen molar-refractivity contribution < 1.29 is 9.90 Å². The number of carbonyl (C=O) groups is 1. The predicted octanol–water partition coefficient (Wildman–Crippen LogP) is 4.11. The largest absolute Gasteiger partial charge is 0.508 e. The van der Waals surface area contributed by atoms with Crippen LogP contribution in [0.3, 0.4) is 0 Å². The highest BCUT2D eigenvalue weighted by molar-refractivity contribution is 5.93. The molecule has 122 valence electrons. The van der Waals surface area contributed by atoms with Crippen LogP contribution in [0.2, 0.25) is 0 Å². The average Bonchev–Trinajstić information content (AvgIpc) is 2.49. The van der Waals surface area contributed by atoms with Crippen molar-refractivity contribution >= 4 is 29.7 Å². The fraction of sp³-hybridized carbons (Fsp3) is 0.278. The summed E-state index contributed by atoms with van der Waals surface area (Å²) in [6, 6.07) is 15.4. The summed E-state index contributed by atoms with van der Waals surface area (Å²) in [5.41, 5.74) is 3.06. The van der Waals surface area contributed by atoms with Crippen molar-refractivity contribution in [1.82, 2.24) is 0 Å². The number of para-hydroxylation sites is 1. The van der Waals surface area contributed by atoms with Gasteiger partial charge in [0.25, 0.3) is 0 Å². The van der Waals surface area contributed by atoms with E-state index in [-0.39, 0.29) is 36.1 Å². The molecule has 5 heteroatoms. The number of fused-ring (bicyclic) bond motifs is 1. The molecule has 0 radical (unpaired) electrons. The van der Waals surface area contributed by atoms with Gasteiger partial charge >= 0.3 is 0 Å². The maximum Gasteiger partial charge on any atom is 0.224 e. The molecule has 0 unspecified atom stereocenters. The van der Waals surface area contributed by atoms with Gasteiger partial charge < -0.3 is 15.3 Å². The van der Waals surface area contributed by atoms with E-state index in [0.717, 1.165) is 23.4 Å². The van der Waals surface area contributed by atoms with E-state index < -0.39 is 0 Å². The molecule has 0 spiro atoms. The Hall–Kier alpha value is -2.20. The van der Waals surface area contributed by atoms with Gasteiger partial charge in [-0.2, -0.15) is 0 Å². The minimum absolute atomic E-state index is 0. The minimum atomic E-state index is 0. The lowest BCUT2D eigenvalue weighted by Gasteiger charge is -2.39. The van der Waals surface area contributed by atoms with Gasteiger partial charge in [0.05, 0.1) is 6.04 Å². The number of benzene rings is 2. The smallest absolute Gasteiger partial charge is 0.224 e. The van der Waals surface area contributed by atoms with Crippen LogP contribution in [0.25, 0.3) is 0 Å². The number of phenols is 1. The molecule has 1 amide bonds. The third-order valence-corrected chi connectivity index (χ3v) is 4.14. The number of amides is 1. The van der Waals surface area contributed by atoms with E-state index in [4.69, 9.17) is 0 Å². The second kappa shape index (κ2) is 6.92. The SMILES string of the molecule is CC(=O)N1c2ccccc2[C@@H](Nc2ccc(O)cc2)C[C@H]1C.Cl. The molecule has 1 aliphatic rings. The lowest BCUT2D eigenvalue weighted by molar-refractivity contribution is -0.117. The van der Waals surface area contributed by atoms with Crippen molar-refractivity contribution in [3.05, 3.63) is 54.1 Å². The average molecular weight is 333 g/mol. The van der Waals surface area contributed by atoms with Crippen molar-refractivity contribution in [2.45, 2.75) is 32.4 Å². The molecule has 1 aliphatic heterocycles. The number of carbonyl (C=O) groups excluding carboxylic acids is 1. The van der Waals surface area contributed by atoms with Gasteiger partial charge in [-0.05, 0) is 49.2 Å². The second-order valence-corrected chi connectivity index (χ2v) is 5.78. The van der Waals surface area contributed by atoms with E-state index in [0.29, 0.717) is 0 Å². The Kier molecular flexibility index (Phi) is 5.16. The van der Waals surface area contributed by atoms with Crippen LogP contribution in [-0.2, 0) is 4.79 Å². The molecular weight excluding hydrogens is 312 g/mol. The van der Waals surface area contributed by atoms with Crippen molar-refractivity contribution in [2.75, 3.05) is 10.2 Å². The number of nitrogens with zero attached hydrogens (tertiary/aromatic N) is 1. The first-order valence-electron chi connectivity index (χ1n) is 7.50. The third-order valence-electron chi connectivity index (χ3n) is 4.14. The third kappa shape index (κ3) is 3.42. The number of phenolic OH excluding ortho intramolecular Hbond substituents is 1. The predicted molar refractivity (Wildman–Crippen MR) is 95.4 cm³/mol. The van der Waals surface area contributed by atoms with Crippen LogP contribution in [0.4, 0.5) is 11.4 Å². The molecule has 23 heavy (non-hydrogen) atoms. The lowest BCUT2D eigenvalue weighted by atomic mass is 9.91. The molecule has 2 aromatic carbocycles. The number of halogens is 1. The zero-order chi connectivity index (χ0) is 15.7. The van der Waals surface area contributed by atoms with Crippen LogP contribution in [-0.4, -0.2) is 17.1 Å². The molecule has 2 N–H and O–H groups in total. The maximum atomic E-state index is 12.0. The Bertz CT molecular complexity index is 688. The number of hydrogen-bond acceptors (Lipinski definition) is 3. The van der Waals surface area contributed by atoms with Gasteiger partial charge in [-0.3, -0.25) is 4.79 Å². The first-order chi connectivity index (χ1) is 10.6. The molecule has 0 saturated heterocycles. The standard InChI is InChI=1S/C18H20N2O2.ClH/c1-12-11-17(19-14-7-9-15(22)10-8-14)16-5-3-4-6-18(16)20(12)13(2)21;/h3-10,12,17,19,22H,11H2,1-2H3;1H/t12-,17+;/m1./s1. The molecular formula is C18H21ClN2O2. The molecule has 2 aromatic rings. The second-order valence-electron chi connectivity index (χ2n) is 5.78. The normalized spacial score (nSPS) is 19.5. The molecule has 2 atom stereocenters. The zero-order valence-electron chi connectivity index (χ0n) is 13.2. The molecule has 0 bridgehead atoms. The summed E-state index contributed by atoms with van der Waals surface area (Å²) in [6.07, 6.45) is 0.845. The molecule has 3 rings (SSSR count). The summed E-state index contributed by atoms with van der Waals surface area (Å²) < 4.78 is 0. The molecule has 0 aromatic heterocycles. The Labute approximate surface area is 142 Å². The fourth-order valence-corrected chi connectivity index (χ4v) is 3.19. The highest BCUT2D eigenvalue weighted by Gasteiger charge is 2.31. The number of anilines is 2. The van der Waals surface area contributed by atoms with E-state index in [9.17, 15) is 9.90 Å². The summed E-state index contributed by atoms with van der Waals surface area (Å²) in [4.78, 5) is 13.8. The van der Waals surface area contributed by atoms with Gasteiger partial charge in [0.2, 0.25) is 5.91 Å².